The summed E-state index contributed by atoms with van der Waals surface area (Å²) in [5, 5.41) is 0. The zero-order valence-corrected chi connectivity index (χ0v) is 10.6. The summed E-state index contributed by atoms with van der Waals surface area (Å²) < 4.78 is 13.4. The molecule has 0 N–H and O–H groups in total. The second-order valence-corrected chi connectivity index (χ2v) is 4.99. The minimum atomic E-state index is -0.209. The van der Waals surface area contributed by atoms with Gasteiger partial charge in [-0.1, -0.05) is 19.1 Å². The Labute approximate surface area is 104 Å². The van der Waals surface area contributed by atoms with Crippen molar-refractivity contribution in [3.05, 3.63) is 46.6 Å². The second-order valence-electron chi connectivity index (χ2n) is 3.90. The fourth-order valence-electron chi connectivity index (χ4n) is 1.56. The number of carbonyl (C=O) groups is 1. The quantitative estimate of drug-likeness (QED) is 0.733. The molecule has 1 aromatic heterocycles. The van der Waals surface area contributed by atoms with Crippen molar-refractivity contribution in [1.29, 1.82) is 0 Å². The van der Waals surface area contributed by atoms with Gasteiger partial charge in [0, 0.05) is 11.3 Å². The Bertz CT molecular complexity index is 557. The van der Waals surface area contributed by atoms with E-state index in [4.69, 9.17) is 0 Å². The monoisotopic (exact) mass is 248 g/mol. The van der Waals surface area contributed by atoms with Crippen LogP contribution in [0.3, 0.4) is 0 Å². The SMILES string of the molecule is CCC(=O)c1ccc(-c2ccc(C)c(F)c2)s1. The molecule has 1 nitrogen and oxygen atoms in total. The van der Waals surface area contributed by atoms with Gasteiger partial charge < -0.3 is 0 Å². The Balaban J connectivity index is 2.37. The number of aryl methyl sites for hydroxylation is 1. The van der Waals surface area contributed by atoms with Crippen molar-refractivity contribution in [2.45, 2.75) is 20.3 Å². The smallest absolute Gasteiger partial charge is 0.172 e. The van der Waals surface area contributed by atoms with Crippen LogP contribution in [0.4, 0.5) is 4.39 Å². The zero-order chi connectivity index (χ0) is 12.4. The molecule has 0 unspecified atom stereocenters. The summed E-state index contributed by atoms with van der Waals surface area (Å²) in [5.41, 5.74) is 1.46. The number of hydrogen-bond donors (Lipinski definition) is 0. The minimum Gasteiger partial charge on any atom is -0.293 e. The molecule has 0 amide bonds. The van der Waals surface area contributed by atoms with E-state index in [1.807, 2.05) is 25.1 Å². The molecule has 88 valence electrons. The first-order valence-corrected chi connectivity index (χ1v) is 6.33. The van der Waals surface area contributed by atoms with Gasteiger partial charge in [-0.25, -0.2) is 4.39 Å². The van der Waals surface area contributed by atoms with Gasteiger partial charge in [0.15, 0.2) is 5.78 Å². The molecule has 0 aliphatic heterocycles. The molecule has 0 aliphatic carbocycles. The summed E-state index contributed by atoms with van der Waals surface area (Å²) in [7, 11) is 0. The molecular weight excluding hydrogens is 235 g/mol. The third-order valence-corrected chi connectivity index (χ3v) is 3.83. The fourth-order valence-corrected chi connectivity index (χ4v) is 2.58. The van der Waals surface area contributed by atoms with Crippen molar-refractivity contribution in [1.82, 2.24) is 0 Å². The maximum atomic E-state index is 13.4. The van der Waals surface area contributed by atoms with Crippen molar-refractivity contribution in [3.8, 4) is 10.4 Å². The molecule has 0 saturated heterocycles. The van der Waals surface area contributed by atoms with Gasteiger partial charge in [-0.2, -0.15) is 0 Å². The lowest BCUT2D eigenvalue weighted by molar-refractivity contribution is 0.0992. The predicted molar refractivity (Wildman–Crippen MR) is 69.1 cm³/mol. The van der Waals surface area contributed by atoms with Gasteiger partial charge >= 0.3 is 0 Å². The van der Waals surface area contributed by atoms with Crippen LogP contribution in [-0.4, -0.2) is 5.78 Å². The van der Waals surface area contributed by atoms with Crippen LogP contribution in [0.15, 0.2) is 30.3 Å². The molecule has 0 atom stereocenters. The van der Waals surface area contributed by atoms with E-state index in [1.54, 1.807) is 13.0 Å². The predicted octanol–water partition coefficient (Wildman–Crippen LogP) is 4.46. The Morgan fingerprint density at radius 3 is 2.71 bits per heavy atom. The summed E-state index contributed by atoms with van der Waals surface area (Å²) in [5.74, 6) is -0.0758. The normalized spacial score (nSPS) is 10.5. The van der Waals surface area contributed by atoms with E-state index < -0.39 is 0 Å². The van der Waals surface area contributed by atoms with Gasteiger partial charge in [0.25, 0.3) is 0 Å². The second kappa shape index (κ2) is 4.80. The van der Waals surface area contributed by atoms with Crippen LogP contribution < -0.4 is 0 Å². The van der Waals surface area contributed by atoms with E-state index in [0.717, 1.165) is 15.3 Å². The van der Waals surface area contributed by atoms with E-state index in [9.17, 15) is 9.18 Å². The highest BCUT2D eigenvalue weighted by Crippen LogP contribution is 2.29. The Morgan fingerprint density at radius 1 is 1.29 bits per heavy atom. The van der Waals surface area contributed by atoms with E-state index in [-0.39, 0.29) is 11.6 Å². The molecule has 1 heterocycles. The molecule has 3 heteroatoms. The summed E-state index contributed by atoms with van der Waals surface area (Å²) >= 11 is 1.42. The summed E-state index contributed by atoms with van der Waals surface area (Å²) in [6, 6.07) is 8.83. The number of rotatable bonds is 3. The van der Waals surface area contributed by atoms with Gasteiger partial charge in [-0.05, 0) is 36.2 Å². The fraction of sp³-hybridized carbons (Fsp3) is 0.214. The van der Waals surface area contributed by atoms with Crippen molar-refractivity contribution in [3.63, 3.8) is 0 Å². The molecular formula is C14H13FOS. The molecule has 0 radical (unpaired) electrons. The number of ketones is 1. The third-order valence-electron chi connectivity index (χ3n) is 2.66. The van der Waals surface area contributed by atoms with Crippen LogP contribution in [-0.2, 0) is 0 Å². The lowest BCUT2D eigenvalue weighted by atomic mass is 10.1. The molecule has 1 aromatic carbocycles. The lowest BCUT2D eigenvalue weighted by Gasteiger charge is -2.00. The van der Waals surface area contributed by atoms with E-state index in [2.05, 4.69) is 0 Å². The molecule has 0 aliphatic rings. The van der Waals surface area contributed by atoms with Crippen LogP contribution in [0, 0.1) is 12.7 Å². The molecule has 0 bridgehead atoms. The van der Waals surface area contributed by atoms with Gasteiger partial charge in [-0.3, -0.25) is 4.79 Å². The molecule has 0 spiro atoms. The van der Waals surface area contributed by atoms with Gasteiger partial charge in [0.2, 0.25) is 0 Å². The highest BCUT2D eigenvalue weighted by atomic mass is 32.1. The minimum absolute atomic E-state index is 0.133. The zero-order valence-electron chi connectivity index (χ0n) is 9.79. The average molecular weight is 248 g/mol. The first-order valence-electron chi connectivity index (χ1n) is 5.51. The number of Topliss-reactive ketones (excluding diaryl/α,β-unsaturated/α-hetero) is 1. The van der Waals surface area contributed by atoms with Crippen LogP contribution in [0.1, 0.15) is 28.6 Å². The first-order chi connectivity index (χ1) is 8.11. The van der Waals surface area contributed by atoms with E-state index in [0.29, 0.717) is 12.0 Å². The lowest BCUT2D eigenvalue weighted by Crippen LogP contribution is -1.90. The van der Waals surface area contributed by atoms with E-state index in [1.165, 1.54) is 17.4 Å². The Kier molecular flexibility index (Phi) is 3.38. The highest BCUT2D eigenvalue weighted by Gasteiger charge is 2.09. The molecule has 0 saturated carbocycles. The number of hydrogen-bond acceptors (Lipinski definition) is 2. The summed E-state index contributed by atoms with van der Waals surface area (Å²) in [6.07, 6.45) is 0.502. The van der Waals surface area contributed by atoms with Crippen LogP contribution >= 0.6 is 11.3 Å². The maximum Gasteiger partial charge on any atom is 0.172 e. The molecule has 2 aromatic rings. The Hall–Kier alpha value is -1.48. The summed E-state index contributed by atoms with van der Waals surface area (Å²) in [6.45, 7) is 3.58. The Morgan fingerprint density at radius 2 is 2.06 bits per heavy atom. The van der Waals surface area contributed by atoms with Crippen molar-refractivity contribution >= 4 is 17.1 Å². The molecule has 0 fully saturated rings. The highest BCUT2D eigenvalue weighted by molar-refractivity contribution is 7.17. The van der Waals surface area contributed by atoms with Gasteiger partial charge in [0.05, 0.1) is 4.88 Å². The number of carbonyl (C=O) groups excluding carboxylic acids is 1. The summed E-state index contributed by atoms with van der Waals surface area (Å²) in [4.78, 5) is 13.2. The van der Waals surface area contributed by atoms with Crippen LogP contribution in [0.2, 0.25) is 0 Å². The number of benzene rings is 1. The van der Waals surface area contributed by atoms with Crippen molar-refractivity contribution in [2.24, 2.45) is 0 Å². The number of thiophene rings is 1. The average Bonchev–Trinajstić information content (AvgIpc) is 2.81. The van der Waals surface area contributed by atoms with Crippen LogP contribution in [0.25, 0.3) is 10.4 Å². The maximum absolute atomic E-state index is 13.4. The van der Waals surface area contributed by atoms with Gasteiger partial charge in [-0.15, -0.1) is 11.3 Å². The van der Waals surface area contributed by atoms with Gasteiger partial charge in [0.1, 0.15) is 5.82 Å². The topological polar surface area (TPSA) is 17.1 Å². The number of halogens is 1. The standard InChI is InChI=1S/C14H13FOS/c1-3-12(16)14-7-6-13(17-14)10-5-4-9(2)11(15)8-10/h4-8H,3H2,1-2H3. The first kappa shape index (κ1) is 12.0. The molecule has 2 rings (SSSR count). The van der Waals surface area contributed by atoms with Crippen molar-refractivity contribution < 1.29 is 9.18 Å². The largest absolute Gasteiger partial charge is 0.293 e. The van der Waals surface area contributed by atoms with Crippen LogP contribution in [0.5, 0.6) is 0 Å². The third kappa shape index (κ3) is 2.44. The van der Waals surface area contributed by atoms with E-state index >= 15 is 0 Å². The van der Waals surface area contributed by atoms with Crippen molar-refractivity contribution in [2.75, 3.05) is 0 Å². The molecule has 17 heavy (non-hydrogen) atoms.